The lowest BCUT2D eigenvalue weighted by atomic mass is 9.65. The number of benzene rings is 1. The second kappa shape index (κ2) is 12.0. The number of rotatable bonds is 6. The Morgan fingerprint density at radius 2 is 1.69 bits per heavy atom. The summed E-state index contributed by atoms with van der Waals surface area (Å²) in [6.45, 7) is 16.4. The van der Waals surface area contributed by atoms with Crippen molar-refractivity contribution in [2.45, 2.75) is 105 Å². The smallest absolute Gasteiger partial charge is 0.0242 e. The molecule has 0 heterocycles. The predicted molar refractivity (Wildman–Crippen MR) is 130 cm³/mol. The van der Waals surface area contributed by atoms with Gasteiger partial charge in [0.2, 0.25) is 0 Å². The van der Waals surface area contributed by atoms with Crippen molar-refractivity contribution in [1.82, 2.24) is 0 Å². The highest BCUT2D eigenvalue weighted by atomic mass is 14.5. The molecule has 0 radical (unpaired) electrons. The number of hydrogen-bond donors (Lipinski definition) is 0. The van der Waals surface area contributed by atoms with Crippen LogP contribution in [-0.2, 0) is 6.42 Å². The minimum absolute atomic E-state index is 0.515. The number of allylic oxidation sites excluding steroid dienone is 1. The van der Waals surface area contributed by atoms with E-state index in [2.05, 4.69) is 71.5 Å². The molecule has 2 fully saturated rings. The molecule has 4 atom stereocenters. The molecule has 2 aliphatic carbocycles. The highest BCUT2D eigenvalue weighted by Crippen LogP contribution is 2.51. The third kappa shape index (κ3) is 7.95. The molecule has 0 nitrogen and oxygen atoms in total. The van der Waals surface area contributed by atoms with E-state index in [9.17, 15) is 0 Å². The summed E-state index contributed by atoms with van der Waals surface area (Å²) in [5.74, 6) is 3.74. The summed E-state index contributed by atoms with van der Waals surface area (Å²) < 4.78 is 0. The number of aryl methyl sites for hydroxylation is 1. The van der Waals surface area contributed by atoms with Crippen LogP contribution in [0.4, 0.5) is 0 Å². The minimum atomic E-state index is 0.515. The lowest BCUT2D eigenvalue weighted by Gasteiger charge is -2.40. The van der Waals surface area contributed by atoms with E-state index in [4.69, 9.17) is 0 Å². The average Bonchev–Trinajstić information content (AvgIpc) is 2.84. The molecule has 1 aromatic rings. The van der Waals surface area contributed by atoms with Crippen molar-refractivity contribution in [3.8, 4) is 0 Å². The van der Waals surface area contributed by atoms with E-state index in [0.717, 1.165) is 36.5 Å². The molecule has 4 unspecified atom stereocenters. The van der Waals surface area contributed by atoms with Crippen molar-refractivity contribution in [2.24, 2.45) is 29.1 Å². The summed E-state index contributed by atoms with van der Waals surface area (Å²) in [6, 6.07) is 10.9. The van der Waals surface area contributed by atoms with Crippen LogP contribution in [-0.4, -0.2) is 0 Å². The lowest BCUT2D eigenvalue weighted by Crippen LogP contribution is -2.31. The quantitative estimate of drug-likeness (QED) is 0.420. The van der Waals surface area contributed by atoms with Crippen LogP contribution in [0, 0.1) is 29.1 Å². The van der Waals surface area contributed by atoms with E-state index in [1.165, 1.54) is 68.9 Å². The molecule has 0 spiro atoms. The van der Waals surface area contributed by atoms with Gasteiger partial charge in [0.1, 0.15) is 0 Å². The summed E-state index contributed by atoms with van der Waals surface area (Å²) >= 11 is 0. The summed E-state index contributed by atoms with van der Waals surface area (Å²) in [6.07, 6.45) is 14.9. The van der Waals surface area contributed by atoms with Gasteiger partial charge in [-0.05, 0) is 79.6 Å². The van der Waals surface area contributed by atoms with Crippen LogP contribution in [0.2, 0.25) is 0 Å². The van der Waals surface area contributed by atoms with E-state index < -0.39 is 0 Å². The maximum atomic E-state index is 4.50. The first-order valence-electron chi connectivity index (χ1n) is 12.6. The molecule has 0 aliphatic heterocycles. The Bertz CT molecular complexity index is 579. The summed E-state index contributed by atoms with van der Waals surface area (Å²) in [5.41, 5.74) is 3.46. The van der Waals surface area contributed by atoms with Gasteiger partial charge < -0.3 is 0 Å². The van der Waals surface area contributed by atoms with E-state index in [1.54, 1.807) is 0 Å². The van der Waals surface area contributed by atoms with Gasteiger partial charge in [0.25, 0.3) is 0 Å². The van der Waals surface area contributed by atoms with Gasteiger partial charge in [-0.15, -0.1) is 0 Å². The van der Waals surface area contributed by atoms with Crippen LogP contribution in [0.25, 0.3) is 0 Å². The van der Waals surface area contributed by atoms with Crippen molar-refractivity contribution in [2.75, 3.05) is 0 Å². The Kier molecular flexibility index (Phi) is 10.0. The van der Waals surface area contributed by atoms with Crippen LogP contribution in [0.5, 0.6) is 0 Å². The molecule has 1 aromatic carbocycles. The van der Waals surface area contributed by atoms with Crippen LogP contribution < -0.4 is 0 Å². The number of hydrogen-bond acceptors (Lipinski definition) is 0. The molecule has 3 rings (SSSR count). The fraction of sp³-hybridized carbons (Fsp3) is 0.724. The summed E-state index contributed by atoms with van der Waals surface area (Å²) in [4.78, 5) is 0. The second-order valence-electron chi connectivity index (χ2n) is 10.8. The van der Waals surface area contributed by atoms with E-state index in [0.29, 0.717) is 5.41 Å². The molecule has 2 aliphatic rings. The zero-order valence-electron chi connectivity index (χ0n) is 20.2. The normalized spacial score (nSPS) is 28.4. The molecular weight excluding hydrogens is 348 g/mol. The molecular formula is C29H48. The third-order valence-electron chi connectivity index (χ3n) is 7.71. The Labute approximate surface area is 182 Å². The first-order chi connectivity index (χ1) is 13.9. The van der Waals surface area contributed by atoms with Crippen molar-refractivity contribution in [1.29, 1.82) is 0 Å². The molecule has 164 valence electrons. The van der Waals surface area contributed by atoms with Gasteiger partial charge in [-0.1, -0.05) is 103 Å². The minimum Gasteiger partial charge on any atom is -0.0998 e. The molecule has 29 heavy (non-hydrogen) atoms. The molecule has 0 N–H and O–H groups in total. The van der Waals surface area contributed by atoms with Gasteiger partial charge in [0, 0.05) is 0 Å². The Morgan fingerprint density at radius 1 is 1.00 bits per heavy atom. The SMILES string of the molecule is C=C(CCc1ccccc1)CC1CC(C)(C)CCC2C(C)CCCC12.CCCC. The van der Waals surface area contributed by atoms with Gasteiger partial charge in [-0.25, -0.2) is 0 Å². The molecule has 0 amide bonds. The second-order valence-corrected chi connectivity index (χ2v) is 10.8. The first-order valence-corrected chi connectivity index (χ1v) is 12.6. The van der Waals surface area contributed by atoms with Crippen LogP contribution >= 0.6 is 0 Å². The fourth-order valence-electron chi connectivity index (χ4n) is 5.79. The van der Waals surface area contributed by atoms with E-state index in [-0.39, 0.29) is 0 Å². The zero-order valence-corrected chi connectivity index (χ0v) is 20.2. The Hall–Kier alpha value is -1.04. The van der Waals surface area contributed by atoms with E-state index in [1.807, 2.05) is 0 Å². The van der Waals surface area contributed by atoms with E-state index >= 15 is 0 Å². The Morgan fingerprint density at radius 3 is 2.34 bits per heavy atom. The largest absolute Gasteiger partial charge is 0.0998 e. The van der Waals surface area contributed by atoms with Gasteiger partial charge in [0.05, 0.1) is 0 Å². The molecule has 0 aromatic heterocycles. The predicted octanol–water partition coefficient (Wildman–Crippen LogP) is 9.25. The zero-order chi connectivity index (χ0) is 21.3. The highest BCUT2D eigenvalue weighted by Gasteiger charge is 2.41. The van der Waals surface area contributed by atoms with Gasteiger partial charge in [-0.3, -0.25) is 0 Å². The van der Waals surface area contributed by atoms with Crippen molar-refractivity contribution >= 4 is 0 Å². The van der Waals surface area contributed by atoms with Gasteiger partial charge in [0.15, 0.2) is 0 Å². The van der Waals surface area contributed by atoms with Crippen molar-refractivity contribution < 1.29 is 0 Å². The van der Waals surface area contributed by atoms with Crippen LogP contribution in [0.3, 0.4) is 0 Å². The topological polar surface area (TPSA) is 0 Å². The fourth-order valence-corrected chi connectivity index (χ4v) is 5.79. The maximum absolute atomic E-state index is 4.50. The van der Waals surface area contributed by atoms with Gasteiger partial charge >= 0.3 is 0 Å². The molecule has 0 saturated heterocycles. The van der Waals surface area contributed by atoms with Crippen LogP contribution in [0.15, 0.2) is 42.5 Å². The highest BCUT2D eigenvalue weighted by molar-refractivity contribution is 5.16. The summed E-state index contributed by atoms with van der Waals surface area (Å²) in [5, 5.41) is 0. The molecule has 2 saturated carbocycles. The molecule has 0 heteroatoms. The number of fused-ring (bicyclic) bond motifs is 1. The maximum Gasteiger partial charge on any atom is -0.0242 e. The summed E-state index contributed by atoms with van der Waals surface area (Å²) in [7, 11) is 0. The third-order valence-corrected chi connectivity index (χ3v) is 7.71. The van der Waals surface area contributed by atoms with Crippen molar-refractivity contribution in [3.05, 3.63) is 48.0 Å². The van der Waals surface area contributed by atoms with Gasteiger partial charge in [-0.2, -0.15) is 0 Å². The Balaban J connectivity index is 0.000000687. The monoisotopic (exact) mass is 396 g/mol. The average molecular weight is 397 g/mol. The van der Waals surface area contributed by atoms with Crippen molar-refractivity contribution in [3.63, 3.8) is 0 Å². The molecule has 0 bridgehead atoms. The lowest BCUT2D eigenvalue weighted by molar-refractivity contribution is 0.108. The van der Waals surface area contributed by atoms with Crippen LogP contribution in [0.1, 0.15) is 104 Å². The number of unbranched alkanes of at least 4 members (excludes halogenated alkanes) is 1. The standard InChI is InChI=1S/C25H38.C4H10/c1-19(13-14-21-10-6-5-7-11-21)17-22-18-25(3,4)16-15-23-20(2)9-8-12-24(22)23;1-3-4-2/h5-7,10-11,20,22-24H,1,8-9,12-18H2,2-4H3;3-4H2,1-2H3. The first kappa shape index (κ1) is 24.2.